The van der Waals surface area contributed by atoms with Crippen LogP contribution in [0.1, 0.15) is 30.1 Å². The Balaban J connectivity index is 1.97. The summed E-state index contributed by atoms with van der Waals surface area (Å²) in [5.74, 6) is -0.101. The Morgan fingerprint density at radius 2 is 2.10 bits per heavy atom. The van der Waals surface area contributed by atoms with E-state index in [-0.39, 0.29) is 11.3 Å². The number of benzene rings is 1. The first-order valence-electron chi connectivity index (χ1n) is 6.82. The molecule has 1 amide bonds. The number of hydrogen-bond acceptors (Lipinski definition) is 2. The Bertz CT molecular complexity index is 499. The van der Waals surface area contributed by atoms with E-state index in [0.29, 0.717) is 17.1 Å². The standard InChI is InChI=1S/C15H20BrClN2O/c1-15(6-8-19(2)9-7-15)10-18-14(20)11-4-3-5-12(16)13(11)17/h3-5H,6-10H2,1-2H3,(H,18,20). The summed E-state index contributed by atoms with van der Waals surface area (Å²) in [6.07, 6.45) is 2.21. The molecule has 0 unspecified atom stereocenters. The van der Waals surface area contributed by atoms with Crippen molar-refractivity contribution in [2.45, 2.75) is 19.8 Å². The van der Waals surface area contributed by atoms with Gasteiger partial charge in [0.25, 0.3) is 5.91 Å². The molecule has 0 radical (unpaired) electrons. The maximum Gasteiger partial charge on any atom is 0.252 e. The normalized spacial score (nSPS) is 18.8. The average molecular weight is 360 g/mol. The highest BCUT2D eigenvalue weighted by Crippen LogP contribution is 2.30. The van der Waals surface area contributed by atoms with Crippen LogP contribution in [0.4, 0.5) is 0 Å². The van der Waals surface area contributed by atoms with Crippen LogP contribution in [0.15, 0.2) is 22.7 Å². The highest BCUT2D eigenvalue weighted by Gasteiger charge is 2.29. The number of halogens is 2. The summed E-state index contributed by atoms with van der Waals surface area (Å²) in [4.78, 5) is 14.6. The first-order chi connectivity index (χ1) is 9.41. The molecule has 1 aliphatic heterocycles. The maximum absolute atomic E-state index is 12.2. The van der Waals surface area contributed by atoms with E-state index < -0.39 is 0 Å². The molecule has 0 spiro atoms. The van der Waals surface area contributed by atoms with Gasteiger partial charge in [0.1, 0.15) is 0 Å². The summed E-state index contributed by atoms with van der Waals surface area (Å²) in [7, 11) is 2.14. The molecule has 1 saturated heterocycles. The van der Waals surface area contributed by atoms with E-state index in [1.807, 2.05) is 12.1 Å². The molecule has 1 aromatic rings. The second-order valence-electron chi connectivity index (χ2n) is 5.90. The van der Waals surface area contributed by atoms with Crippen molar-refractivity contribution in [2.24, 2.45) is 5.41 Å². The van der Waals surface area contributed by atoms with Crippen molar-refractivity contribution >= 4 is 33.4 Å². The summed E-state index contributed by atoms with van der Waals surface area (Å²) in [6, 6.07) is 5.40. The largest absolute Gasteiger partial charge is 0.351 e. The zero-order valence-electron chi connectivity index (χ0n) is 11.9. The SMILES string of the molecule is CN1CCC(C)(CNC(=O)c2cccc(Br)c2Cl)CC1. The number of likely N-dealkylation sites (tertiary alicyclic amines) is 1. The fourth-order valence-corrected chi connectivity index (χ4v) is 2.98. The monoisotopic (exact) mass is 358 g/mol. The van der Waals surface area contributed by atoms with Gasteiger partial charge in [-0.25, -0.2) is 0 Å². The van der Waals surface area contributed by atoms with Gasteiger partial charge in [0.15, 0.2) is 0 Å². The zero-order valence-corrected chi connectivity index (χ0v) is 14.2. The molecule has 3 nitrogen and oxygen atoms in total. The van der Waals surface area contributed by atoms with Crippen LogP contribution in [0.25, 0.3) is 0 Å². The molecule has 1 aliphatic rings. The van der Waals surface area contributed by atoms with Crippen molar-refractivity contribution < 1.29 is 4.79 Å². The molecule has 1 aromatic carbocycles. The minimum atomic E-state index is -0.101. The van der Waals surface area contributed by atoms with Gasteiger partial charge in [-0.1, -0.05) is 24.6 Å². The second kappa shape index (κ2) is 6.46. The summed E-state index contributed by atoms with van der Waals surface area (Å²) in [5, 5.41) is 3.50. The number of amides is 1. The molecule has 0 aromatic heterocycles. The Morgan fingerprint density at radius 1 is 1.45 bits per heavy atom. The van der Waals surface area contributed by atoms with Crippen LogP contribution in [0, 0.1) is 5.41 Å². The number of carbonyl (C=O) groups excluding carboxylic acids is 1. The van der Waals surface area contributed by atoms with Crippen LogP contribution < -0.4 is 5.32 Å². The Labute approximate surface area is 133 Å². The molecule has 1 N–H and O–H groups in total. The molecule has 0 saturated carbocycles. The minimum absolute atomic E-state index is 0.101. The van der Waals surface area contributed by atoms with E-state index in [4.69, 9.17) is 11.6 Å². The molecule has 0 bridgehead atoms. The first kappa shape index (κ1) is 15.8. The van der Waals surface area contributed by atoms with Crippen molar-refractivity contribution in [2.75, 3.05) is 26.7 Å². The van der Waals surface area contributed by atoms with Crippen molar-refractivity contribution in [3.05, 3.63) is 33.3 Å². The van der Waals surface area contributed by atoms with Crippen LogP contribution in [0.3, 0.4) is 0 Å². The van der Waals surface area contributed by atoms with Crippen molar-refractivity contribution in [1.29, 1.82) is 0 Å². The van der Waals surface area contributed by atoms with E-state index in [1.54, 1.807) is 6.07 Å². The Morgan fingerprint density at radius 3 is 2.75 bits per heavy atom. The lowest BCUT2D eigenvalue weighted by Crippen LogP contribution is -2.43. The van der Waals surface area contributed by atoms with Gasteiger partial charge in [-0.2, -0.15) is 0 Å². The van der Waals surface area contributed by atoms with Crippen LogP contribution >= 0.6 is 27.5 Å². The average Bonchev–Trinajstić information content (AvgIpc) is 2.43. The molecule has 110 valence electrons. The summed E-state index contributed by atoms with van der Waals surface area (Å²) in [6.45, 7) is 5.11. The van der Waals surface area contributed by atoms with Gasteiger partial charge in [0.2, 0.25) is 0 Å². The summed E-state index contributed by atoms with van der Waals surface area (Å²) < 4.78 is 0.748. The number of nitrogens with zero attached hydrogens (tertiary/aromatic N) is 1. The van der Waals surface area contributed by atoms with E-state index in [1.165, 1.54) is 0 Å². The number of piperidine rings is 1. The third kappa shape index (κ3) is 3.74. The van der Waals surface area contributed by atoms with Gasteiger partial charge < -0.3 is 10.2 Å². The highest BCUT2D eigenvalue weighted by molar-refractivity contribution is 9.10. The molecule has 1 heterocycles. The number of nitrogens with one attached hydrogen (secondary N) is 1. The molecule has 5 heteroatoms. The van der Waals surface area contributed by atoms with E-state index in [9.17, 15) is 4.79 Å². The quantitative estimate of drug-likeness (QED) is 0.895. The van der Waals surface area contributed by atoms with Gasteiger partial charge in [0.05, 0.1) is 10.6 Å². The lowest BCUT2D eigenvalue weighted by Gasteiger charge is -2.38. The minimum Gasteiger partial charge on any atom is -0.351 e. The predicted molar refractivity (Wildman–Crippen MR) is 86.3 cm³/mol. The lowest BCUT2D eigenvalue weighted by atomic mass is 9.80. The molecular formula is C15H20BrClN2O. The van der Waals surface area contributed by atoms with Crippen LogP contribution in [0.5, 0.6) is 0 Å². The molecule has 1 fully saturated rings. The highest BCUT2D eigenvalue weighted by atomic mass is 79.9. The molecule has 2 rings (SSSR count). The first-order valence-corrected chi connectivity index (χ1v) is 7.99. The maximum atomic E-state index is 12.2. The van der Waals surface area contributed by atoms with Crippen molar-refractivity contribution in [1.82, 2.24) is 10.2 Å². The summed E-state index contributed by atoms with van der Waals surface area (Å²) in [5.41, 5.74) is 0.707. The van der Waals surface area contributed by atoms with E-state index in [0.717, 1.165) is 30.4 Å². The molecule has 0 atom stereocenters. The smallest absolute Gasteiger partial charge is 0.252 e. The lowest BCUT2D eigenvalue weighted by molar-refractivity contribution is 0.0891. The predicted octanol–water partition coefficient (Wildman–Crippen LogP) is 3.56. The third-order valence-electron chi connectivity index (χ3n) is 4.07. The van der Waals surface area contributed by atoms with E-state index in [2.05, 4.69) is 40.1 Å². The van der Waals surface area contributed by atoms with Crippen molar-refractivity contribution in [3.63, 3.8) is 0 Å². The second-order valence-corrected chi connectivity index (χ2v) is 7.13. The molecular weight excluding hydrogens is 340 g/mol. The van der Waals surface area contributed by atoms with E-state index >= 15 is 0 Å². The van der Waals surface area contributed by atoms with Crippen LogP contribution in [0.2, 0.25) is 5.02 Å². The van der Waals surface area contributed by atoms with Gasteiger partial charge in [-0.05, 0) is 66.5 Å². The topological polar surface area (TPSA) is 32.3 Å². The third-order valence-corrected chi connectivity index (χ3v) is 5.36. The number of hydrogen-bond donors (Lipinski definition) is 1. The fraction of sp³-hybridized carbons (Fsp3) is 0.533. The number of carbonyl (C=O) groups is 1. The zero-order chi connectivity index (χ0) is 14.8. The van der Waals surface area contributed by atoms with Crippen LogP contribution in [-0.4, -0.2) is 37.5 Å². The summed E-state index contributed by atoms with van der Waals surface area (Å²) >= 11 is 9.49. The molecule has 20 heavy (non-hydrogen) atoms. The van der Waals surface area contributed by atoms with Gasteiger partial charge in [-0.3, -0.25) is 4.79 Å². The number of rotatable bonds is 3. The van der Waals surface area contributed by atoms with Crippen LogP contribution in [-0.2, 0) is 0 Å². The Kier molecular flexibility index (Phi) is 5.10. The van der Waals surface area contributed by atoms with Gasteiger partial charge in [0, 0.05) is 11.0 Å². The van der Waals surface area contributed by atoms with Gasteiger partial charge >= 0.3 is 0 Å². The Hall–Kier alpha value is -0.580. The molecule has 0 aliphatic carbocycles. The van der Waals surface area contributed by atoms with Gasteiger partial charge in [-0.15, -0.1) is 0 Å². The van der Waals surface area contributed by atoms with Crippen molar-refractivity contribution in [3.8, 4) is 0 Å². The fourth-order valence-electron chi connectivity index (χ4n) is 2.40.